The van der Waals surface area contributed by atoms with E-state index >= 15 is 0 Å². The average molecular weight is 426 g/mol. The topological polar surface area (TPSA) is 72.2 Å². The van der Waals surface area contributed by atoms with Crippen molar-refractivity contribution in [3.05, 3.63) is 68.6 Å². The van der Waals surface area contributed by atoms with Gasteiger partial charge in [-0.25, -0.2) is 0 Å². The molecule has 0 saturated carbocycles. The van der Waals surface area contributed by atoms with Crippen molar-refractivity contribution in [2.75, 3.05) is 0 Å². The second-order valence-electron chi connectivity index (χ2n) is 4.77. The standard InChI is InChI=1S/C16H14Br2N2O2/c17-12-5-1-3-10(7-12)8-14(15(19)21)20-16(22)11-4-2-6-13(18)9-11/h1-7,9,14H,8H2,(H2,19,21)(H,20,22)/t14-/m0/s1. The Hall–Kier alpha value is -1.66. The Morgan fingerprint density at radius 3 is 2.27 bits per heavy atom. The number of carbonyl (C=O) groups excluding carboxylic acids is 2. The number of primary amides is 1. The van der Waals surface area contributed by atoms with Crippen LogP contribution >= 0.6 is 31.9 Å². The van der Waals surface area contributed by atoms with Crippen molar-refractivity contribution in [3.63, 3.8) is 0 Å². The Balaban J connectivity index is 2.12. The van der Waals surface area contributed by atoms with Crippen molar-refractivity contribution in [1.82, 2.24) is 5.32 Å². The number of nitrogens with one attached hydrogen (secondary N) is 1. The van der Waals surface area contributed by atoms with Crippen molar-refractivity contribution in [3.8, 4) is 0 Å². The van der Waals surface area contributed by atoms with Crippen LogP contribution in [0.1, 0.15) is 15.9 Å². The van der Waals surface area contributed by atoms with Crippen LogP contribution in [0.4, 0.5) is 0 Å². The number of nitrogens with two attached hydrogens (primary N) is 1. The first kappa shape index (κ1) is 16.7. The molecule has 0 saturated heterocycles. The molecule has 0 aliphatic rings. The van der Waals surface area contributed by atoms with E-state index in [0.29, 0.717) is 12.0 Å². The van der Waals surface area contributed by atoms with Crippen LogP contribution in [-0.2, 0) is 11.2 Å². The van der Waals surface area contributed by atoms with Gasteiger partial charge >= 0.3 is 0 Å². The summed E-state index contributed by atoms with van der Waals surface area (Å²) in [7, 11) is 0. The molecule has 0 spiro atoms. The van der Waals surface area contributed by atoms with Gasteiger partial charge in [0.1, 0.15) is 6.04 Å². The average Bonchev–Trinajstić information content (AvgIpc) is 2.46. The van der Waals surface area contributed by atoms with Crippen LogP contribution < -0.4 is 11.1 Å². The lowest BCUT2D eigenvalue weighted by Crippen LogP contribution is -2.45. The first-order chi connectivity index (χ1) is 10.5. The highest BCUT2D eigenvalue weighted by atomic mass is 79.9. The predicted molar refractivity (Wildman–Crippen MR) is 92.4 cm³/mol. The Kier molecular flexibility index (Phi) is 5.74. The number of amides is 2. The minimum absolute atomic E-state index is 0.333. The molecule has 0 aliphatic heterocycles. The van der Waals surface area contributed by atoms with Gasteiger partial charge in [-0.1, -0.05) is 50.1 Å². The van der Waals surface area contributed by atoms with E-state index in [1.807, 2.05) is 30.3 Å². The van der Waals surface area contributed by atoms with E-state index in [4.69, 9.17) is 5.73 Å². The fourth-order valence-corrected chi connectivity index (χ4v) is 2.84. The maximum atomic E-state index is 12.2. The third-order valence-electron chi connectivity index (χ3n) is 3.06. The summed E-state index contributed by atoms with van der Waals surface area (Å²) in [6.07, 6.45) is 0.342. The Bertz CT molecular complexity index is 704. The number of halogens is 2. The lowest BCUT2D eigenvalue weighted by atomic mass is 10.0. The van der Waals surface area contributed by atoms with E-state index in [1.54, 1.807) is 18.2 Å². The SMILES string of the molecule is NC(=O)[C@H](Cc1cccc(Br)c1)NC(=O)c1cccc(Br)c1. The molecule has 2 aromatic rings. The maximum Gasteiger partial charge on any atom is 0.251 e. The van der Waals surface area contributed by atoms with E-state index in [0.717, 1.165) is 14.5 Å². The van der Waals surface area contributed by atoms with E-state index in [9.17, 15) is 9.59 Å². The smallest absolute Gasteiger partial charge is 0.251 e. The predicted octanol–water partition coefficient (Wildman–Crippen LogP) is 3.04. The van der Waals surface area contributed by atoms with Crippen LogP contribution in [0.2, 0.25) is 0 Å². The summed E-state index contributed by atoms with van der Waals surface area (Å²) >= 11 is 6.69. The molecule has 3 N–H and O–H groups in total. The van der Waals surface area contributed by atoms with E-state index in [-0.39, 0.29) is 5.91 Å². The van der Waals surface area contributed by atoms with Gasteiger partial charge in [0, 0.05) is 20.9 Å². The van der Waals surface area contributed by atoms with E-state index < -0.39 is 11.9 Å². The van der Waals surface area contributed by atoms with Crippen LogP contribution in [0.5, 0.6) is 0 Å². The number of benzene rings is 2. The molecule has 6 heteroatoms. The second-order valence-corrected chi connectivity index (χ2v) is 6.60. The lowest BCUT2D eigenvalue weighted by molar-refractivity contribution is -0.119. The zero-order chi connectivity index (χ0) is 16.1. The molecule has 1 atom stereocenters. The molecular formula is C16H14Br2N2O2. The molecule has 0 aliphatic carbocycles. The van der Waals surface area contributed by atoms with Crippen molar-refractivity contribution in [2.45, 2.75) is 12.5 Å². The van der Waals surface area contributed by atoms with Gasteiger partial charge in [0.15, 0.2) is 0 Å². The largest absolute Gasteiger partial charge is 0.368 e. The molecule has 0 bridgehead atoms. The van der Waals surface area contributed by atoms with Gasteiger partial charge in [0.25, 0.3) is 5.91 Å². The third-order valence-corrected chi connectivity index (χ3v) is 4.05. The summed E-state index contributed by atoms with van der Waals surface area (Å²) in [5.74, 6) is -0.900. The number of hydrogen-bond acceptors (Lipinski definition) is 2. The van der Waals surface area contributed by atoms with Crippen LogP contribution in [0, 0.1) is 0 Å². The van der Waals surface area contributed by atoms with Gasteiger partial charge in [-0.3, -0.25) is 9.59 Å². The Labute approximate surface area is 145 Å². The second kappa shape index (κ2) is 7.56. The van der Waals surface area contributed by atoms with Crippen LogP contribution in [-0.4, -0.2) is 17.9 Å². The Morgan fingerprint density at radius 1 is 1.05 bits per heavy atom. The first-order valence-electron chi connectivity index (χ1n) is 6.56. The summed E-state index contributed by atoms with van der Waals surface area (Å²) in [4.78, 5) is 23.8. The van der Waals surface area contributed by atoms with Crippen LogP contribution in [0.15, 0.2) is 57.5 Å². The van der Waals surface area contributed by atoms with Crippen molar-refractivity contribution >= 4 is 43.7 Å². The van der Waals surface area contributed by atoms with Gasteiger partial charge in [-0.05, 0) is 35.9 Å². The van der Waals surface area contributed by atoms with E-state index in [2.05, 4.69) is 37.2 Å². The van der Waals surface area contributed by atoms with Gasteiger partial charge in [0.05, 0.1) is 0 Å². The summed E-state index contributed by atoms with van der Waals surface area (Å²) in [6, 6.07) is 13.7. The van der Waals surface area contributed by atoms with E-state index in [1.165, 1.54) is 0 Å². The highest BCUT2D eigenvalue weighted by Gasteiger charge is 2.19. The van der Waals surface area contributed by atoms with Gasteiger partial charge in [-0.15, -0.1) is 0 Å². The summed E-state index contributed by atoms with van der Waals surface area (Å²) in [6.45, 7) is 0. The molecule has 0 fully saturated rings. The minimum atomic E-state index is -0.763. The normalized spacial score (nSPS) is 11.7. The highest BCUT2D eigenvalue weighted by Crippen LogP contribution is 2.14. The third kappa shape index (κ3) is 4.68. The number of carbonyl (C=O) groups is 2. The lowest BCUT2D eigenvalue weighted by Gasteiger charge is -2.16. The molecule has 0 aromatic heterocycles. The highest BCUT2D eigenvalue weighted by molar-refractivity contribution is 9.10. The quantitative estimate of drug-likeness (QED) is 0.772. The van der Waals surface area contributed by atoms with Gasteiger partial charge in [-0.2, -0.15) is 0 Å². The van der Waals surface area contributed by atoms with Crippen molar-refractivity contribution in [1.29, 1.82) is 0 Å². The van der Waals surface area contributed by atoms with Crippen LogP contribution in [0.25, 0.3) is 0 Å². The fraction of sp³-hybridized carbons (Fsp3) is 0.125. The molecule has 22 heavy (non-hydrogen) atoms. The zero-order valence-electron chi connectivity index (χ0n) is 11.6. The van der Waals surface area contributed by atoms with Gasteiger partial charge < -0.3 is 11.1 Å². The van der Waals surface area contributed by atoms with Crippen molar-refractivity contribution < 1.29 is 9.59 Å². The molecule has 2 aromatic carbocycles. The fourth-order valence-electron chi connectivity index (χ4n) is 1.99. The number of hydrogen-bond donors (Lipinski definition) is 2. The molecule has 0 heterocycles. The summed E-state index contributed by atoms with van der Waals surface area (Å²) < 4.78 is 1.70. The monoisotopic (exact) mass is 424 g/mol. The Morgan fingerprint density at radius 2 is 1.68 bits per heavy atom. The molecule has 0 radical (unpaired) electrons. The zero-order valence-corrected chi connectivity index (χ0v) is 14.7. The molecule has 4 nitrogen and oxygen atoms in total. The molecule has 114 valence electrons. The van der Waals surface area contributed by atoms with Gasteiger partial charge in [0.2, 0.25) is 5.91 Å². The molecular weight excluding hydrogens is 412 g/mol. The minimum Gasteiger partial charge on any atom is -0.368 e. The molecule has 0 unspecified atom stereocenters. The van der Waals surface area contributed by atoms with Crippen molar-refractivity contribution in [2.24, 2.45) is 5.73 Å². The first-order valence-corrected chi connectivity index (χ1v) is 8.14. The molecule has 2 amide bonds. The summed E-state index contributed by atoms with van der Waals surface area (Å²) in [5.41, 5.74) is 6.78. The summed E-state index contributed by atoms with van der Waals surface area (Å²) in [5, 5.41) is 2.68. The number of rotatable bonds is 5. The van der Waals surface area contributed by atoms with Crippen LogP contribution in [0.3, 0.4) is 0 Å². The molecule has 2 rings (SSSR count). The maximum absolute atomic E-state index is 12.2.